The minimum absolute atomic E-state index is 0.218. The van der Waals surface area contributed by atoms with E-state index in [-0.39, 0.29) is 5.78 Å². The molecule has 0 saturated heterocycles. The number of carbonyl (C=O) groups is 1. The fourth-order valence-electron chi connectivity index (χ4n) is 0.823. The van der Waals surface area contributed by atoms with Gasteiger partial charge in [-0.05, 0) is 25.2 Å². The first-order chi connectivity index (χ1) is 6.31. The zero-order chi connectivity index (χ0) is 9.94. The van der Waals surface area contributed by atoms with Crippen LogP contribution >= 0.6 is 11.8 Å². The van der Waals surface area contributed by atoms with Crippen LogP contribution < -0.4 is 0 Å². The molecule has 0 spiro atoms. The van der Waals surface area contributed by atoms with Crippen molar-refractivity contribution in [1.29, 1.82) is 0 Å². The van der Waals surface area contributed by atoms with Crippen molar-refractivity contribution < 1.29 is 4.79 Å². The average molecular weight is 196 g/mol. The van der Waals surface area contributed by atoms with Crippen molar-refractivity contribution in [2.24, 2.45) is 0 Å². The van der Waals surface area contributed by atoms with Gasteiger partial charge in [-0.3, -0.25) is 4.79 Å². The molecular formula is C11H16OS. The van der Waals surface area contributed by atoms with E-state index in [2.05, 4.69) is 5.92 Å². The van der Waals surface area contributed by atoms with Gasteiger partial charge in [-0.1, -0.05) is 6.08 Å². The third-order valence-electron chi connectivity index (χ3n) is 1.55. The molecule has 0 bridgehead atoms. The highest BCUT2D eigenvalue weighted by molar-refractivity contribution is 7.98. The van der Waals surface area contributed by atoms with Gasteiger partial charge in [0.2, 0.25) is 0 Å². The Bertz CT molecular complexity index is 201. The molecule has 0 aliphatic carbocycles. The fourth-order valence-corrected chi connectivity index (χ4v) is 1.23. The van der Waals surface area contributed by atoms with E-state index < -0.39 is 0 Å². The van der Waals surface area contributed by atoms with Crippen molar-refractivity contribution in [3.63, 3.8) is 0 Å². The number of rotatable bonds is 7. The minimum atomic E-state index is 0.218. The summed E-state index contributed by atoms with van der Waals surface area (Å²) in [6.45, 7) is 0. The van der Waals surface area contributed by atoms with Crippen LogP contribution in [-0.4, -0.2) is 17.8 Å². The number of thioether (sulfide) groups is 1. The molecule has 0 aromatic rings. The lowest BCUT2D eigenvalue weighted by molar-refractivity contribution is -0.114. The van der Waals surface area contributed by atoms with Crippen molar-refractivity contribution in [1.82, 2.24) is 0 Å². The van der Waals surface area contributed by atoms with Crippen LogP contribution in [0, 0.1) is 12.3 Å². The number of ketones is 1. The summed E-state index contributed by atoms with van der Waals surface area (Å²) in [7, 11) is 0. The molecule has 13 heavy (non-hydrogen) atoms. The summed E-state index contributed by atoms with van der Waals surface area (Å²) >= 11 is 1.70. The molecule has 0 heterocycles. The van der Waals surface area contributed by atoms with E-state index in [1.807, 2.05) is 12.3 Å². The molecule has 0 N–H and O–H groups in total. The molecule has 0 atom stereocenters. The lowest BCUT2D eigenvalue weighted by Crippen LogP contribution is -1.93. The number of hydrogen-bond acceptors (Lipinski definition) is 2. The van der Waals surface area contributed by atoms with Crippen LogP contribution in [0.15, 0.2) is 12.2 Å². The van der Waals surface area contributed by atoms with E-state index in [1.165, 1.54) is 0 Å². The first kappa shape index (κ1) is 12.3. The SMILES string of the molecule is C#CCCC/C=C/C(=O)CCSC. The summed E-state index contributed by atoms with van der Waals surface area (Å²) in [6.07, 6.45) is 14.0. The van der Waals surface area contributed by atoms with Crippen LogP contribution in [0.1, 0.15) is 25.7 Å². The van der Waals surface area contributed by atoms with Gasteiger partial charge in [-0.2, -0.15) is 11.8 Å². The Morgan fingerprint density at radius 3 is 3.00 bits per heavy atom. The van der Waals surface area contributed by atoms with Crippen LogP contribution in [0.25, 0.3) is 0 Å². The molecule has 0 aliphatic heterocycles. The van der Waals surface area contributed by atoms with Gasteiger partial charge in [0.05, 0.1) is 0 Å². The van der Waals surface area contributed by atoms with E-state index in [1.54, 1.807) is 17.8 Å². The second-order valence-corrected chi connectivity index (χ2v) is 3.69. The zero-order valence-electron chi connectivity index (χ0n) is 8.08. The largest absolute Gasteiger partial charge is 0.295 e. The number of unbranched alkanes of at least 4 members (excludes halogenated alkanes) is 2. The number of terminal acetylenes is 1. The maximum Gasteiger partial charge on any atom is 0.156 e. The summed E-state index contributed by atoms with van der Waals surface area (Å²) in [5, 5.41) is 0. The van der Waals surface area contributed by atoms with Crippen molar-refractivity contribution in [3.05, 3.63) is 12.2 Å². The highest BCUT2D eigenvalue weighted by atomic mass is 32.2. The molecular weight excluding hydrogens is 180 g/mol. The Labute approximate surface area is 85.0 Å². The molecule has 72 valence electrons. The van der Waals surface area contributed by atoms with Crippen LogP contribution in [0.5, 0.6) is 0 Å². The number of allylic oxidation sites excluding steroid dienone is 2. The molecule has 0 aromatic carbocycles. The highest BCUT2D eigenvalue weighted by Gasteiger charge is 1.93. The van der Waals surface area contributed by atoms with E-state index >= 15 is 0 Å². The van der Waals surface area contributed by atoms with Crippen molar-refractivity contribution in [2.75, 3.05) is 12.0 Å². The van der Waals surface area contributed by atoms with Crippen LogP contribution in [0.4, 0.5) is 0 Å². The van der Waals surface area contributed by atoms with Crippen molar-refractivity contribution >= 4 is 17.5 Å². The topological polar surface area (TPSA) is 17.1 Å². The predicted molar refractivity (Wildman–Crippen MR) is 59.8 cm³/mol. The molecule has 0 aliphatic rings. The monoisotopic (exact) mass is 196 g/mol. The van der Waals surface area contributed by atoms with Crippen molar-refractivity contribution in [3.8, 4) is 12.3 Å². The van der Waals surface area contributed by atoms with Gasteiger partial charge >= 0.3 is 0 Å². The van der Waals surface area contributed by atoms with Gasteiger partial charge in [0.25, 0.3) is 0 Å². The first-order valence-electron chi connectivity index (χ1n) is 4.43. The van der Waals surface area contributed by atoms with Gasteiger partial charge in [-0.25, -0.2) is 0 Å². The third-order valence-corrected chi connectivity index (χ3v) is 2.16. The fraction of sp³-hybridized carbons (Fsp3) is 0.545. The Balaban J connectivity index is 3.38. The Morgan fingerprint density at radius 2 is 2.38 bits per heavy atom. The lowest BCUT2D eigenvalue weighted by atomic mass is 10.2. The maximum atomic E-state index is 11.1. The van der Waals surface area contributed by atoms with Crippen LogP contribution in [0.2, 0.25) is 0 Å². The molecule has 0 rings (SSSR count). The van der Waals surface area contributed by atoms with Crippen molar-refractivity contribution in [2.45, 2.75) is 25.7 Å². The molecule has 0 radical (unpaired) electrons. The highest BCUT2D eigenvalue weighted by Crippen LogP contribution is 1.99. The Kier molecular flexibility index (Phi) is 8.92. The van der Waals surface area contributed by atoms with E-state index in [9.17, 15) is 4.79 Å². The van der Waals surface area contributed by atoms with Crippen LogP contribution in [0.3, 0.4) is 0 Å². The van der Waals surface area contributed by atoms with E-state index in [0.29, 0.717) is 6.42 Å². The normalized spacial score (nSPS) is 10.2. The van der Waals surface area contributed by atoms with Gasteiger partial charge in [-0.15, -0.1) is 12.3 Å². The number of hydrogen-bond donors (Lipinski definition) is 0. The van der Waals surface area contributed by atoms with E-state index in [0.717, 1.165) is 25.0 Å². The van der Waals surface area contributed by atoms with Gasteiger partial charge in [0.1, 0.15) is 0 Å². The molecule has 2 heteroatoms. The smallest absolute Gasteiger partial charge is 0.156 e. The zero-order valence-corrected chi connectivity index (χ0v) is 8.90. The molecule has 0 unspecified atom stereocenters. The molecule has 0 amide bonds. The standard InChI is InChI=1S/C11H16OS/c1-3-4-5-6-7-8-11(12)9-10-13-2/h1,7-8H,4-6,9-10H2,2H3/b8-7+. The summed E-state index contributed by atoms with van der Waals surface area (Å²) in [5.74, 6) is 3.70. The quantitative estimate of drug-likeness (QED) is 0.354. The summed E-state index contributed by atoms with van der Waals surface area (Å²) in [6, 6.07) is 0. The third kappa shape index (κ3) is 9.23. The molecule has 0 fully saturated rings. The molecule has 1 nitrogen and oxygen atoms in total. The maximum absolute atomic E-state index is 11.1. The Morgan fingerprint density at radius 1 is 1.62 bits per heavy atom. The summed E-state index contributed by atoms with van der Waals surface area (Å²) in [5.41, 5.74) is 0. The van der Waals surface area contributed by atoms with E-state index in [4.69, 9.17) is 6.42 Å². The average Bonchev–Trinajstić information content (AvgIpc) is 2.14. The van der Waals surface area contributed by atoms with Gasteiger partial charge in [0, 0.05) is 18.6 Å². The van der Waals surface area contributed by atoms with Gasteiger partial charge in [0.15, 0.2) is 5.78 Å². The first-order valence-corrected chi connectivity index (χ1v) is 5.82. The summed E-state index contributed by atoms with van der Waals surface area (Å²) < 4.78 is 0. The number of carbonyl (C=O) groups excluding carboxylic acids is 1. The Hall–Kier alpha value is -0.680. The van der Waals surface area contributed by atoms with Crippen LogP contribution in [-0.2, 0) is 4.79 Å². The molecule has 0 saturated carbocycles. The van der Waals surface area contributed by atoms with Gasteiger partial charge < -0.3 is 0 Å². The molecule has 0 aromatic heterocycles. The lowest BCUT2D eigenvalue weighted by Gasteiger charge is -1.91. The minimum Gasteiger partial charge on any atom is -0.295 e. The summed E-state index contributed by atoms with van der Waals surface area (Å²) in [4.78, 5) is 11.1. The second kappa shape index (κ2) is 9.41. The second-order valence-electron chi connectivity index (χ2n) is 2.71. The predicted octanol–water partition coefficient (Wildman–Crippen LogP) is 2.67.